The minimum absolute atomic E-state index is 0.0396. The topological polar surface area (TPSA) is 85.4 Å². The lowest BCUT2D eigenvalue weighted by Gasteiger charge is -2.30. The predicted octanol–water partition coefficient (Wildman–Crippen LogP) is 2.42. The van der Waals surface area contributed by atoms with Crippen molar-refractivity contribution in [3.63, 3.8) is 0 Å². The molecule has 0 spiro atoms. The lowest BCUT2D eigenvalue weighted by molar-refractivity contribution is -0.149. The van der Waals surface area contributed by atoms with Gasteiger partial charge in [0.25, 0.3) is 11.5 Å². The summed E-state index contributed by atoms with van der Waals surface area (Å²) in [5.74, 6) is -1.46. The van der Waals surface area contributed by atoms with E-state index in [0.717, 1.165) is 5.56 Å². The van der Waals surface area contributed by atoms with E-state index in [0.29, 0.717) is 24.1 Å². The number of hydrogen-bond donors (Lipinski definition) is 1. The molecule has 0 atom stereocenters. The third-order valence-electron chi connectivity index (χ3n) is 5.17. The first kappa shape index (κ1) is 21.6. The molecule has 2 aromatic rings. The first-order valence-electron chi connectivity index (χ1n) is 9.59. The van der Waals surface area contributed by atoms with Crippen LogP contribution in [0.4, 0.5) is 13.2 Å². The number of aromatic nitrogens is 1. The summed E-state index contributed by atoms with van der Waals surface area (Å²) in [6.07, 6.45) is -3.89. The van der Waals surface area contributed by atoms with E-state index in [9.17, 15) is 27.6 Å². The minimum Gasteiger partial charge on any atom is -0.365 e. The number of amides is 2. The van der Waals surface area contributed by atoms with E-state index in [1.165, 1.54) is 9.47 Å². The molecule has 0 unspecified atom stereocenters. The van der Waals surface area contributed by atoms with Crippen molar-refractivity contribution in [3.05, 3.63) is 69.1 Å². The number of pyridine rings is 1. The van der Waals surface area contributed by atoms with Crippen molar-refractivity contribution < 1.29 is 22.8 Å². The van der Waals surface area contributed by atoms with Crippen LogP contribution in [0.2, 0.25) is 0 Å². The summed E-state index contributed by atoms with van der Waals surface area (Å²) in [5.41, 5.74) is 6.89. The number of halogens is 3. The molecule has 0 saturated carbocycles. The average Bonchev–Trinajstić information content (AvgIpc) is 2.70. The molecule has 0 radical (unpaired) electrons. The number of hydrogen-bond acceptors (Lipinski definition) is 3. The molecule has 160 valence electrons. The van der Waals surface area contributed by atoms with Crippen molar-refractivity contribution in [2.24, 2.45) is 5.73 Å². The van der Waals surface area contributed by atoms with Crippen molar-refractivity contribution in [3.8, 4) is 0 Å². The molecule has 3 rings (SSSR count). The lowest BCUT2D eigenvalue weighted by Crippen LogP contribution is -2.40. The summed E-state index contributed by atoms with van der Waals surface area (Å²) in [6.45, 7) is 0.480. The van der Waals surface area contributed by atoms with Crippen LogP contribution >= 0.6 is 0 Å². The molecule has 2 heterocycles. The van der Waals surface area contributed by atoms with Gasteiger partial charge in [-0.25, -0.2) is 0 Å². The van der Waals surface area contributed by atoms with E-state index >= 15 is 0 Å². The number of alkyl halides is 3. The molecule has 0 aliphatic carbocycles. The maximum absolute atomic E-state index is 12.8. The van der Waals surface area contributed by atoms with Crippen LogP contribution in [0, 0.1) is 0 Å². The normalized spacial score (nSPS) is 13.8. The van der Waals surface area contributed by atoms with Gasteiger partial charge in [0.1, 0.15) is 5.56 Å². The molecule has 1 aliphatic rings. The molecule has 0 saturated heterocycles. The smallest absolute Gasteiger partial charge is 0.365 e. The van der Waals surface area contributed by atoms with Crippen molar-refractivity contribution in [1.82, 2.24) is 9.47 Å². The third kappa shape index (κ3) is 5.08. The van der Waals surface area contributed by atoms with Gasteiger partial charge in [-0.1, -0.05) is 30.3 Å². The summed E-state index contributed by atoms with van der Waals surface area (Å²) < 4.78 is 38.7. The van der Waals surface area contributed by atoms with Gasteiger partial charge in [0.05, 0.1) is 6.42 Å². The Bertz CT molecular complexity index is 1000. The molecular formula is C21H22F3N3O3. The number of carbonyl (C=O) groups excluding carboxylic acids is 2. The Balaban J connectivity index is 1.84. The number of aryl methyl sites for hydroxylation is 2. The quantitative estimate of drug-likeness (QED) is 0.777. The molecular weight excluding hydrogens is 399 g/mol. The summed E-state index contributed by atoms with van der Waals surface area (Å²) in [5, 5.41) is 0. The predicted molar refractivity (Wildman–Crippen MR) is 104 cm³/mol. The number of fused-ring (bicyclic) bond motifs is 1. The Morgan fingerprint density at radius 2 is 1.83 bits per heavy atom. The monoisotopic (exact) mass is 421 g/mol. The largest absolute Gasteiger partial charge is 0.389 e. The third-order valence-corrected chi connectivity index (χ3v) is 5.17. The Morgan fingerprint density at radius 1 is 1.13 bits per heavy atom. The van der Waals surface area contributed by atoms with Crippen LogP contribution in [0.3, 0.4) is 0 Å². The highest BCUT2D eigenvalue weighted by molar-refractivity contribution is 5.94. The number of nitrogens with two attached hydrogens (primary N) is 1. The molecule has 0 bridgehead atoms. The summed E-state index contributed by atoms with van der Waals surface area (Å²) in [6, 6.07) is 9.47. The summed E-state index contributed by atoms with van der Waals surface area (Å²) in [7, 11) is 0. The summed E-state index contributed by atoms with van der Waals surface area (Å²) in [4.78, 5) is 38.3. The first-order valence-corrected chi connectivity index (χ1v) is 9.59. The van der Waals surface area contributed by atoms with E-state index in [1.54, 1.807) is 6.20 Å². The summed E-state index contributed by atoms with van der Waals surface area (Å²) >= 11 is 0. The number of carbonyl (C=O) groups is 2. The van der Waals surface area contributed by atoms with Crippen LogP contribution < -0.4 is 11.3 Å². The molecule has 1 aliphatic heterocycles. The first-order chi connectivity index (χ1) is 14.2. The zero-order valence-corrected chi connectivity index (χ0v) is 16.2. The highest BCUT2D eigenvalue weighted by Crippen LogP contribution is 2.25. The fourth-order valence-corrected chi connectivity index (χ4v) is 3.65. The second kappa shape index (κ2) is 8.73. The second-order valence-electron chi connectivity index (χ2n) is 7.29. The number of rotatable bonds is 6. The highest BCUT2D eigenvalue weighted by Gasteiger charge is 2.31. The molecule has 30 heavy (non-hydrogen) atoms. The van der Waals surface area contributed by atoms with Gasteiger partial charge in [-0.15, -0.1) is 0 Å². The molecule has 0 fully saturated rings. The Kier molecular flexibility index (Phi) is 6.28. The van der Waals surface area contributed by atoms with Crippen LogP contribution in [0.15, 0.2) is 41.3 Å². The Morgan fingerprint density at radius 3 is 2.47 bits per heavy atom. The van der Waals surface area contributed by atoms with E-state index in [1.807, 2.05) is 30.3 Å². The zero-order chi connectivity index (χ0) is 21.9. The SMILES string of the molecule is NC(=O)c1c2c(cn(CCc3ccccc3)c1=O)CN(C(=O)CCC(F)(F)F)CC2. The fraction of sp³-hybridized carbons (Fsp3) is 0.381. The molecule has 2 N–H and O–H groups in total. The lowest BCUT2D eigenvalue weighted by atomic mass is 9.95. The van der Waals surface area contributed by atoms with Crippen LogP contribution in [-0.2, 0) is 30.7 Å². The number of nitrogens with zero attached hydrogens (tertiary/aromatic N) is 2. The average molecular weight is 421 g/mol. The van der Waals surface area contributed by atoms with Crippen molar-refractivity contribution in [1.29, 1.82) is 0 Å². The van der Waals surface area contributed by atoms with Gasteiger partial charge in [0.15, 0.2) is 0 Å². The van der Waals surface area contributed by atoms with Gasteiger partial charge in [0, 0.05) is 32.3 Å². The Labute approximate surface area is 171 Å². The molecule has 9 heteroatoms. The van der Waals surface area contributed by atoms with Gasteiger partial charge in [-0.05, 0) is 29.5 Å². The van der Waals surface area contributed by atoms with E-state index in [4.69, 9.17) is 5.73 Å². The van der Waals surface area contributed by atoms with Crippen LogP contribution in [0.1, 0.15) is 39.9 Å². The second-order valence-corrected chi connectivity index (χ2v) is 7.29. The van der Waals surface area contributed by atoms with Crippen LogP contribution in [-0.4, -0.2) is 34.0 Å². The molecule has 1 aromatic heterocycles. The van der Waals surface area contributed by atoms with Crippen LogP contribution in [0.25, 0.3) is 0 Å². The molecule has 2 amide bonds. The van der Waals surface area contributed by atoms with E-state index < -0.39 is 36.4 Å². The molecule has 6 nitrogen and oxygen atoms in total. The van der Waals surface area contributed by atoms with E-state index in [2.05, 4.69) is 0 Å². The maximum atomic E-state index is 12.8. The maximum Gasteiger partial charge on any atom is 0.389 e. The minimum atomic E-state index is -4.40. The standard InChI is InChI=1S/C21H22F3N3O3/c22-21(23,24)9-6-17(28)26-11-8-16-15(12-26)13-27(20(30)18(16)19(25)29)10-7-14-4-2-1-3-5-14/h1-5,13H,6-12H2,(H2,25,29). The van der Waals surface area contributed by atoms with Gasteiger partial charge >= 0.3 is 6.18 Å². The highest BCUT2D eigenvalue weighted by atomic mass is 19.4. The van der Waals surface area contributed by atoms with Gasteiger partial charge in [-0.2, -0.15) is 13.2 Å². The van der Waals surface area contributed by atoms with Gasteiger partial charge < -0.3 is 15.2 Å². The van der Waals surface area contributed by atoms with E-state index in [-0.39, 0.29) is 25.1 Å². The van der Waals surface area contributed by atoms with Crippen molar-refractivity contribution in [2.45, 2.75) is 44.9 Å². The number of benzene rings is 1. The molecule has 1 aromatic carbocycles. The number of primary amides is 1. The zero-order valence-electron chi connectivity index (χ0n) is 16.2. The Hall–Kier alpha value is -3.10. The fourth-order valence-electron chi connectivity index (χ4n) is 3.65. The van der Waals surface area contributed by atoms with Crippen molar-refractivity contribution >= 4 is 11.8 Å². The van der Waals surface area contributed by atoms with Gasteiger partial charge in [-0.3, -0.25) is 14.4 Å². The van der Waals surface area contributed by atoms with Crippen molar-refractivity contribution in [2.75, 3.05) is 6.54 Å². The van der Waals surface area contributed by atoms with Gasteiger partial charge in [0.2, 0.25) is 5.91 Å². The van der Waals surface area contributed by atoms with Crippen LogP contribution in [0.5, 0.6) is 0 Å².